The molecule has 0 rings (SSSR count). The first-order valence-electron chi connectivity index (χ1n) is 20.4. The predicted molar refractivity (Wildman–Crippen MR) is 204 cm³/mol. The van der Waals surface area contributed by atoms with E-state index in [1.807, 2.05) is 6.08 Å². The smallest absolute Gasteiger partial charge is 0.306 e. The van der Waals surface area contributed by atoms with Crippen LogP contribution in [0.2, 0.25) is 0 Å². The summed E-state index contributed by atoms with van der Waals surface area (Å²) in [5.41, 5.74) is 0. The number of unbranched alkanes of at least 4 members (excludes halogenated alkanes) is 18. The molecule has 0 saturated carbocycles. The predicted octanol–water partition coefficient (Wildman–Crippen LogP) is 9.19. The van der Waals surface area contributed by atoms with Crippen LogP contribution >= 0.6 is 0 Å². The van der Waals surface area contributed by atoms with Crippen molar-refractivity contribution in [2.24, 2.45) is 0 Å². The van der Waals surface area contributed by atoms with E-state index in [1.54, 1.807) is 21.1 Å². The van der Waals surface area contributed by atoms with Gasteiger partial charge in [-0.25, -0.2) is 0 Å². The van der Waals surface area contributed by atoms with Gasteiger partial charge in [-0.2, -0.15) is 0 Å². The van der Waals surface area contributed by atoms with Crippen LogP contribution in [0.3, 0.4) is 0 Å². The number of nitrogens with zero attached hydrogens (tertiary/aromatic N) is 1. The van der Waals surface area contributed by atoms with Crippen LogP contribution < -0.4 is 5.11 Å². The van der Waals surface area contributed by atoms with Crippen LogP contribution in [0.5, 0.6) is 0 Å². The largest absolute Gasteiger partial charge is 0.544 e. The number of aliphatic carboxylic acids is 1. The first-order chi connectivity index (χ1) is 24.1. The Bertz CT molecular complexity index is 880. The Morgan fingerprint density at radius 3 is 1.56 bits per heavy atom. The molecule has 0 N–H and O–H groups in total. The van der Waals surface area contributed by atoms with Gasteiger partial charge in [-0.05, 0) is 51.4 Å². The summed E-state index contributed by atoms with van der Waals surface area (Å²) in [6, 6.07) is -0.727. The Kier molecular flexibility index (Phi) is 32.4. The summed E-state index contributed by atoms with van der Waals surface area (Å²) in [4.78, 5) is 36.5. The van der Waals surface area contributed by atoms with E-state index in [-0.39, 0.29) is 49.1 Å². The molecule has 292 valence electrons. The minimum absolute atomic E-state index is 0.0294. The number of carbonyl (C=O) groups excluding carboxylic acids is 3. The number of hydrogen-bond acceptors (Lipinski definition) is 7. The maximum absolute atomic E-state index is 12.6. The number of carboxylic acid groups (broad SMARTS) is 1. The van der Waals surface area contributed by atoms with Crippen LogP contribution in [0.1, 0.15) is 174 Å². The van der Waals surface area contributed by atoms with Crippen molar-refractivity contribution in [3.05, 3.63) is 24.3 Å². The van der Waals surface area contributed by atoms with Crippen molar-refractivity contribution in [1.82, 2.24) is 0 Å². The van der Waals surface area contributed by atoms with Gasteiger partial charge in [0.05, 0.1) is 40.3 Å². The Labute approximate surface area is 307 Å². The zero-order valence-electron chi connectivity index (χ0n) is 33.1. The molecule has 8 heteroatoms. The molecule has 2 atom stereocenters. The van der Waals surface area contributed by atoms with Crippen molar-refractivity contribution in [2.45, 2.75) is 187 Å². The van der Waals surface area contributed by atoms with Crippen molar-refractivity contribution in [3.63, 3.8) is 0 Å². The summed E-state index contributed by atoms with van der Waals surface area (Å²) in [5, 5.41) is 11.6. The standard InChI is InChI=1S/C42H77NO7/c1-6-8-10-12-14-15-16-17-18-19-20-21-22-23-24-25-27-29-31-33-41(45)50-38(36-48-35-34-39(42(46)47)43(3,4)5)37-49-40(44)32-30-28-26-13-11-9-7-2/h19-20,26,28,38-39H,6-18,21-25,27,29-37H2,1-5H3/b20-19+,28-26+. The minimum atomic E-state index is -1.13. The van der Waals surface area contributed by atoms with Crippen LogP contribution in [0.15, 0.2) is 24.3 Å². The second-order valence-electron chi connectivity index (χ2n) is 14.9. The molecule has 0 aliphatic carbocycles. The molecule has 8 nitrogen and oxygen atoms in total. The number of hydrogen-bond donors (Lipinski definition) is 0. The van der Waals surface area contributed by atoms with Gasteiger partial charge in [0.1, 0.15) is 12.6 Å². The number of allylic oxidation sites excluding steroid dienone is 4. The van der Waals surface area contributed by atoms with Gasteiger partial charge in [-0.3, -0.25) is 9.59 Å². The minimum Gasteiger partial charge on any atom is -0.544 e. The molecule has 50 heavy (non-hydrogen) atoms. The molecule has 0 fully saturated rings. The van der Waals surface area contributed by atoms with E-state index in [0.29, 0.717) is 12.8 Å². The summed E-state index contributed by atoms with van der Waals surface area (Å²) in [5.74, 6) is -1.81. The third-order valence-corrected chi connectivity index (χ3v) is 9.07. The van der Waals surface area contributed by atoms with Gasteiger partial charge in [0.25, 0.3) is 0 Å². The molecule has 2 unspecified atom stereocenters. The molecule has 0 aliphatic rings. The fraction of sp³-hybridized carbons (Fsp3) is 0.833. The van der Waals surface area contributed by atoms with Crippen LogP contribution in [0.25, 0.3) is 0 Å². The van der Waals surface area contributed by atoms with Gasteiger partial charge >= 0.3 is 11.9 Å². The Hall–Kier alpha value is -2.19. The summed E-state index contributed by atoms with van der Waals surface area (Å²) in [6.07, 6.45) is 35.2. The number of carboxylic acids is 1. The molecule has 0 heterocycles. The van der Waals surface area contributed by atoms with Gasteiger partial charge < -0.3 is 28.6 Å². The highest BCUT2D eigenvalue weighted by Crippen LogP contribution is 2.13. The van der Waals surface area contributed by atoms with Gasteiger partial charge in [0, 0.05) is 19.3 Å². The topological polar surface area (TPSA) is 102 Å². The average molecular weight is 708 g/mol. The van der Waals surface area contributed by atoms with Crippen molar-refractivity contribution >= 4 is 17.9 Å². The van der Waals surface area contributed by atoms with Crippen LogP contribution in [0, 0.1) is 0 Å². The first kappa shape index (κ1) is 47.8. The van der Waals surface area contributed by atoms with E-state index in [0.717, 1.165) is 32.1 Å². The number of carbonyl (C=O) groups is 3. The third-order valence-electron chi connectivity index (χ3n) is 9.07. The van der Waals surface area contributed by atoms with Crippen molar-refractivity contribution in [3.8, 4) is 0 Å². The first-order valence-corrected chi connectivity index (χ1v) is 20.4. The number of ether oxygens (including phenoxy) is 3. The molecule has 0 aliphatic heterocycles. The lowest BCUT2D eigenvalue weighted by atomic mass is 10.1. The third kappa shape index (κ3) is 31.8. The Morgan fingerprint density at radius 1 is 0.580 bits per heavy atom. The second kappa shape index (κ2) is 33.9. The van der Waals surface area contributed by atoms with E-state index in [1.165, 1.54) is 103 Å². The van der Waals surface area contributed by atoms with E-state index in [9.17, 15) is 19.5 Å². The fourth-order valence-corrected chi connectivity index (χ4v) is 5.85. The maximum atomic E-state index is 12.6. The summed E-state index contributed by atoms with van der Waals surface area (Å²) in [6.45, 7) is 4.55. The highest BCUT2D eigenvalue weighted by atomic mass is 16.6. The molecule has 0 bridgehead atoms. The molecule has 0 amide bonds. The maximum Gasteiger partial charge on any atom is 0.306 e. The van der Waals surface area contributed by atoms with E-state index in [2.05, 4.69) is 32.1 Å². The quantitative estimate of drug-likeness (QED) is 0.0277. The lowest BCUT2D eigenvalue weighted by Gasteiger charge is -2.34. The zero-order valence-corrected chi connectivity index (χ0v) is 33.1. The van der Waals surface area contributed by atoms with Crippen molar-refractivity contribution in [1.29, 1.82) is 0 Å². The average Bonchev–Trinajstić information content (AvgIpc) is 3.06. The van der Waals surface area contributed by atoms with Crippen LogP contribution in [-0.2, 0) is 28.6 Å². The van der Waals surface area contributed by atoms with E-state index < -0.39 is 18.1 Å². The number of likely N-dealkylation sites (N-methyl/N-ethyl adjacent to an activating group) is 1. The highest BCUT2D eigenvalue weighted by molar-refractivity contribution is 5.70. The normalized spacial score (nSPS) is 13.2. The Balaban J connectivity index is 4.28. The molecule has 0 spiro atoms. The second-order valence-corrected chi connectivity index (χ2v) is 14.9. The van der Waals surface area contributed by atoms with Gasteiger partial charge in [-0.15, -0.1) is 0 Å². The molecule has 0 aromatic carbocycles. The number of rotatable bonds is 36. The summed E-state index contributed by atoms with van der Waals surface area (Å²) >= 11 is 0. The molecular formula is C42H77NO7. The lowest BCUT2D eigenvalue weighted by Crippen LogP contribution is -2.55. The fourth-order valence-electron chi connectivity index (χ4n) is 5.85. The monoisotopic (exact) mass is 708 g/mol. The summed E-state index contributed by atoms with van der Waals surface area (Å²) in [7, 11) is 5.38. The molecule has 0 saturated heterocycles. The summed E-state index contributed by atoms with van der Waals surface area (Å²) < 4.78 is 17.0. The van der Waals surface area contributed by atoms with Crippen LogP contribution in [-0.4, -0.2) is 75.5 Å². The van der Waals surface area contributed by atoms with Crippen LogP contribution in [0.4, 0.5) is 0 Å². The van der Waals surface area contributed by atoms with Gasteiger partial charge in [0.2, 0.25) is 0 Å². The van der Waals surface area contributed by atoms with E-state index >= 15 is 0 Å². The van der Waals surface area contributed by atoms with Gasteiger partial charge in [-0.1, -0.05) is 128 Å². The Morgan fingerprint density at radius 2 is 1.04 bits per heavy atom. The highest BCUT2D eigenvalue weighted by Gasteiger charge is 2.25. The SMILES string of the molecule is CCCCC/C=C/CCC(=O)OCC(COCCC(C(=O)[O-])[N+](C)(C)C)OC(=O)CCCCCCCCC/C=C/CCCCCCCCCC. The molecule has 0 aromatic heterocycles. The lowest BCUT2D eigenvalue weighted by molar-refractivity contribution is -0.889. The molecule has 0 radical (unpaired) electrons. The van der Waals surface area contributed by atoms with Gasteiger partial charge in [0.15, 0.2) is 6.10 Å². The van der Waals surface area contributed by atoms with Crippen molar-refractivity contribution in [2.75, 3.05) is 41.0 Å². The number of esters is 2. The molecule has 0 aromatic rings. The zero-order chi connectivity index (χ0) is 37.1. The van der Waals surface area contributed by atoms with Crippen molar-refractivity contribution < 1.29 is 38.2 Å². The number of quaternary nitrogens is 1. The molecular weight excluding hydrogens is 630 g/mol. The van der Waals surface area contributed by atoms with E-state index in [4.69, 9.17) is 14.2 Å².